The van der Waals surface area contributed by atoms with Gasteiger partial charge in [0.15, 0.2) is 0 Å². The van der Waals surface area contributed by atoms with E-state index in [4.69, 9.17) is 16.3 Å². The molecule has 6 heteroatoms. The van der Waals surface area contributed by atoms with E-state index in [2.05, 4.69) is 12.2 Å². The monoisotopic (exact) mass is 331 g/mol. The summed E-state index contributed by atoms with van der Waals surface area (Å²) in [4.78, 5) is 0. The van der Waals surface area contributed by atoms with E-state index in [1.54, 1.807) is 6.07 Å². The van der Waals surface area contributed by atoms with Crippen molar-refractivity contribution < 1.29 is 13.2 Å². The minimum absolute atomic E-state index is 0.301. The van der Waals surface area contributed by atoms with Gasteiger partial charge in [-0.05, 0) is 37.8 Å². The number of benzene rings is 1. The maximum atomic E-state index is 11.4. The van der Waals surface area contributed by atoms with Crippen molar-refractivity contribution in [1.82, 2.24) is 5.32 Å². The molecule has 1 aromatic rings. The van der Waals surface area contributed by atoms with Crippen LogP contribution in [0, 0.1) is 5.92 Å². The van der Waals surface area contributed by atoms with E-state index in [-0.39, 0.29) is 0 Å². The molecule has 1 aliphatic heterocycles. The average molecular weight is 332 g/mol. The van der Waals surface area contributed by atoms with Crippen LogP contribution < -0.4 is 10.1 Å². The van der Waals surface area contributed by atoms with Gasteiger partial charge in [-0.2, -0.15) is 0 Å². The van der Waals surface area contributed by atoms with Crippen molar-refractivity contribution in [2.75, 3.05) is 24.7 Å². The van der Waals surface area contributed by atoms with Gasteiger partial charge in [-0.15, -0.1) is 0 Å². The van der Waals surface area contributed by atoms with Crippen LogP contribution >= 0.6 is 11.6 Å². The molecule has 0 saturated carbocycles. The second-order valence-electron chi connectivity index (χ2n) is 5.51. The molecule has 0 amide bonds. The molecule has 118 valence electrons. The summed E-state index contributed by atoms with van der Waals surface area (Å²) < 4.78 is 28.4. The normalized spacial score (nSPS) is 20.1. The van der Waals surface area contributed by atoms with Crippen molar-refractivity contribution in [2.45, 2.75) is 25.8 Å². The number of hydrogen-bond acceptors (Lipinski definition) is 4. The summed E-state index contributed by atoms with van der Waals surface area (Å²) in [6.45, 7) is 3.37. The highest BCUT2D eigenvalue weighted by Crippen LogP contribution is 2.23. The van der Waals surface area contributed by atoms with Gasteiger partial charge in [0.05, 0.1) is 16.5 Å². The van der Waals surface area contributed by atoms with Crippen molar-refractivity contribution in [2.24, 2.45) is 5.92 Å². The van der Waals surface area contributed by atoms with Crippen molar-refractivity contribution >= 4 is 21.4 Å². The maximum Gasteiger partial charge on any atom is 0.150 e. The zero-order chi connectivity index (χ0) is 15.3. The lowest BCUT2D eigenvalue weighted by atomic mass is 9.95. The maximum absolute atomic E-state index is 11.4. The van der Waals surface area contributed by atoms with Gasteiger partial charge >= 0.3 is 0 Å². The highest BCUT2D eigenvalue weighted by molar-refractivity contribution is 7.91. The fourth-order valence-corrected chi connectivity index (χ4v) is 4.30. The van der Waals surface area contributed by atoms with Crippen molar-refractivity contribution in [1.29, 1.82) is 0 Å². The highest BCUT2D eigenvalue weighted by Gasteiger charge is 2.26. The van der Waals surface area contributed by atoms with Gasteiger partial charge in [0.2, 0.25) is 0 Å². The van der Waals surface area contributed by atoms with E-state index in [1.165, 1.54) is 0 Å². The molecule has 0 unspecified atom stereocenters. The molecule has 4 nitrogen and oxygen atoms in total. The zero-order valence-electron chi connectivity index (χ0n) is 12.2. The van der Waals surface area contributed by atoms with Crippen LogP contribution in [0.1, 0.15) is 19.8 Å². The average Bonchev–Trinajstić information content (AvgIpc) is 2.45. The van der Waals surface area contributed by atoms with Gasteiger partial charge in [-0.1, -0.05) is 23.7 Å². The summed E-state index contributed by atoms with van der Waals surface area (Å²) >= 11 is 6.01. The van der Waals surface area contributed by atoms with E-state index in [0.29, 0.717) is 40.8 Å². The summed E-state index contributed by atoms with van der Waals surface area (Å²) in [5.41, 5.74) is 0. The van der Waals surface area contributed by atoms with E-state index < -0.39 is 9.84 Å². The molecule has 1 heterocycles. The Morgan fingerprint density at radius 1 is 1.33 bits per heavy atom. The van der Waals surface area contributed by atoms with Gasteiger partial charge in [-0.25, -0.2) is 8.42 Å². The zero-order valence-corrected chi connectivity index (χ0v) is 13.8. The summed E-state index contributed by atoms with van der Waals surface area (Å²) in [5.74, 6) is 1.76. The molecule has 0 radical (unpaired) electrons. The second-order valence-corrected chi connectivity index (χ2v) is 8.22. The number of sulfone groups is 1. The van der Waals surface area contributed by atoms with Crippen LogP contribution in [0.2, 0.25) is 5.02 Å². The molecule has 0 bridgehead atoms. The number of hydrogen-bond donors (Lipinski definition) is 1. The smallest absolute Gasteiger partial charge is 0.150 e. The van der Waals surface area contributed by atoms with Crippen LogP contribution in [-0.2, 0) is 9.84 Å². The Kier molecular flexibility index (Phi) is 5.90. The van der Waals surface area contributed by atoms with Crippen molar-refractivity contribution in [3.05, 3.63) is 29.3 Å². The summed E-state index contributed by atoms with van der Waals surface area (Å²) in [5, 5.41) is 4.02. The van der Waals surface area contributed by atoms with E-state index in [9.17, 15) is 8.42 Å². The topological polar surface area (TPSA) is 55.4 Å². The number of nitrogens with one attached hydrogen (secondary N) is 1. The number of ether oxygens (including phenoxy) is 1. The third-order valence-corrected chi connectivity index (χ3v) is 6.00. The number of para-hydroxylation sites is 1. The molecule has 21 heavy (non-hydrogen) atoms. The lowest BCUT2D eigenvalue weighted by Crippen LogP contribution is -2.40. The Hall–Kier alpha value is -0.780. The fraction of sp³-hybridized carbons (Fsp3) is 0.600. The summed E-state index contributed by atoms with van der Waals surface area (Å²) in [6.07, 6.45) is 1.50. The van der Waals surface area contributed by atoms with Crippen LogP contribution in [-0.4, -0.2) is 39.1 Å². The molecule has 1 aliphatic rings. The third kappa shape index (κ3) is 5.16. The van der Waals surface area contributed by atoms with Gasteiger partial charge in [0.1, 0.15) is 22.2 Å². The van der Waals surface area contributed by atoms with Gasteiger partial charge in [0.25, 0.3) is 0 Å². The fourth-order valence-electron chi connectivity index (χ4n) is 2.58. The van der Waals surface area contributed by atoms with Crippen LogP contribution in [0.25, 0.3) is 0 Å². The lowest BCUT2D eigenvalue weighted by Gasteiger charge is -2.28. The SMILES string of the molecule is C[C@H](NCCOc1ccccc1Cl)C1CCS(=O)(=O)CC1. The van der Waals surface area contributed by atoms with Crippen LogP contribution in [0.3, 0.4) is 0 Å². The molecule has 1 aromatic carbocycles. The largest absolute Gasteiger partial charge is 0.491 e. The van der Waals surface area contributed by atoms with E-state index in [1.807, 2.05) is 18.2 Å². The van der Waals surface area contributed by atoms with Crippen molar-refractivity contribution in [3.8, 4) is 5.75 Å². The molecular weight excluding hydrogens is 310 g/mol. The third-order valence-electron chi connectivity index (χ3n) is 3.97. The first-order chi connectivity index (χ1) is 9.98. The molecule has 1 N–H and O–H groups in total. The Labute approximate surface area is 131 Å². The van der Waals surface area contributed by atoms with Gasteiger partial charge < -0.3 is 10.1 Å². The van der Waals surface area contributed by atoms with E-state index in [0.717, 1.165) is 19.4 Å². The predicted octanol–water partition coefficient (Wildman–Crippen LogP) is 2.52. The Morgan fingerprint density at radius 3 is 2.67 bits per heavy atom. The predicted molar refractivity (Wildman–Crippen MR) is 85.8 cm³/mol. The first-order valence-corrected chi connectivity index (χ1v) is 9.49. The second kappa shape index (κ2) is 7.47. The molecule has 1 saturated heterocycles. The number of halogens is 1. The van der Waals surface area contributed by atoms with E-state index >= 15 is 0 Å². The molecule has 0 aliphatic carbocycles. The summed E-state index contributed by atoms with van der Waals surface area (Å²) in [7, 11) is -2.78. The number of rotatable bonds is 6. The highest BCUT2D eigenvalue weighted by atomic mass is 35.5. The molecule has 0 spiro atoms. The molecule has 0 aromatic heterocycles. The first-order valence-electron chi connectivity index (χ1n) is 7.29. The molecular formula is C15H22ClNO3S. The summed E-state index contributed by atoms with van der Waals surface area (Å²) in [6, 6.07) is 7.70. The lowest BCUT2D eigenvalue weighted by molar-refractivity contribution is 0.283. The quantitative estimate of drug-likeness (QED) is 0.814. The molecule has 1 atom stereocenters. The van der Waals surface area contributed by atoms with Crippen LogP contribution in [0.4, 0.5) is 0 Å². The van der Waals surface area contributed by atoms with Crippen LogP contribution in [0.15, 0.2) is 24.3 Å². The molecule has 2 rings (SSSR count). The Bertz CT molecular complexity index is 548. The molecule has 1 fully saturated rings. The Morgan fingerprint density at radius 2 is 2.00 bits per heavy atom. The van der Waals surface area contributed by atoms with Crippen molar-refractivity contribution in [3.63, 3.8) is 0 Å². The first kappa shape index (κ1) is 16.6. The van der Waals surface area contributed by atoms with Crippen LogP contribution in [0.5, 0.6) is 5.75 Å². The van der Waals surface area contributed by atoms with Gasteiger partial charge in [0, 0.05) is 12.6 Å². The standard InChI is InChI=1S/C15H22ClNO3S/c1-12(13-6-10-21(18,19)11-7-13)17-8-9-20-15-5-3-2-4-14(15)16/h2-5,12-13,17H,6-11H2,1H3/t12-/m0/s1. The minimum Gasteiger partial charge on any atom is -0.491 e. The Balaban J connectivity index is 1.68. The van der Waals surface area contributed by atoms with Gasteiger partial charge in [-0.3, -0.25) is 0 Å². The minimum atomic E-state index is -2.78.